The fraction of sp³-hybridized carbons (Fsp3) is 0.125. The highest BCUT2D eigenvalue weighted by Gasteiger charge is 2.34. The lowest BCUT2D eigenvalue weighted by Crippen LogP contribution is -2.13. The van der Waals surface area contributed by atoms with Gasteiger partial charge in [-0.1, -0.05) is 66.7 Å². The quantitative estimate of drug-likeness (QED) is 0.0511. The third-order valence-corrected chi connectivity index (χ3v) is 16.1. The molecule has 298 valence electrons. The summed E-state index contributed by atoms with van der Waals surface area (Å²) in [6.07, 6.45) is 0. The highest BCUT2D eigenvalue weighted by atomic mass is 32.2. The highest BCUT2D eigenvalue weighted by Crippen LogP contribution is 2.58. The van der Waals surface area contributed by atoms with Crippen LogP contribution in [0, 0.1) is 0 Å². The molecule has 0 fully saturated rings. The summed E-state index contributed by atoms with van der Waals surface area (Å²) < 4.78 is 116. The van der Waals surface area contributed by atoms with Gasteiger partial charge in [0, 0.05) is 5.39 Å². The van der Waals surface area contributed by atoms with Crippen molar-refractivity contribution in [3.05, 3.63) is 97.1 Å². The van der Waals surface area contributed by atoms with Crippen LogP contribution in [0.4, 0.5) is 0 Å². The number of fused-ring (bicyclic) bond motifs is 6. The molecular weight excluding hydrogens is 860 g/mol. The summed E-state index contributed by atoms with van der Waals surface area (Å²) >= 11 is 0. The van der Waals surface area contributed by atoms with Gasteiger partial charge in [-0.15, -0.1) is 0 Å². The molecule has 24 heteroatoms. The molecule has 0 aromatic heterocycles. The van der Waals surface area contributed by atoms with Crippen LogP contribution in [0.2, 0.25) is 0 Å². The van der Waals surface area contributed by atoms with Crippen molar-refractivity contribution >= 4 is 94.1 Å². The van der Waals surface area contributed by atoms with Gasteiger partial charge in [-0.3, -0.25) is 9.05 Å². The van der Waals surface area contributed by atoms with Crippen molar-refractivity contribution in [2.45, 2.75) is 9.79 Å². The zero-order valence-electron chi connectivity index (χ0n) is 28.3. The van der Waals surface area contributed by atoms with Crippen LogP contribution in [0.15, 0.2) is 107 Å². The summed E-state index contributed by atoms with van der Waals surface area (Å²) in [5.41, 5.74) is 1.08. The van der Waals surface area contributed by atoms with Gasteiger partial charge in [0.15, 0.2) is 19.7 Å². The van der Waals surface area contributed by atoms with Crippen LogP contribution in [0.3, 0.4) is 0 Å². The summed E-state index contributed by atoms with van der Waals surface area (Å²) in [5.74, 6) is -1.74. The van der Waals surface area contributed by atoms with Crippen molar-refractivity contribution < 1.29 is 82.1 Å². The zero-order valence-corrected chi connectivity index (χ0v) is 33.5. The monoisotopic (exact) mass is 890 g/mol. The molecular formula is C32H30O18P4S2. The summed E-state index contributed by atoms with van der Waals surface area (Å²) in [4.78, 5) is 54.1. The average Bonchev–Trinajstić information content (AvgIpc) is 3.08. The van der Waals surface area contributed by atoms with Gasteiger partial charge in [0.05, 0.1) is 34.5 Å². The molecule has 0 radical (unpaired) electrons. The molecule has 0 aliphatic carbocycles. The van der Waals surface area contributed by atoms with Crippen LogP contribution >= 0.6 is 31.3 Å². The lowest BCUT2D eigenvalue weighted by molar-refractivity contribution is 0.182. The van der Waals surface area contributed by atoms with Gasteiger partial charge in [-0.25, -0.2) is 35.1 Å². The van der Waals surface area contributed by atoms with Crippen LogP contribution in [0.25, 0.3) is 54.2 Å². The largest absolute Gasteiger partial charge is 0.481 e. The number of sulfone groups is 2. The second kappa shape index (κ2) is 15.5. The molecule has 0 bridgehead atoms. The molecule has 18 nitrogen and oxygen atoms in total. The molecule has 0 aliphatic heterocycles. The Hall–Kier alpha value is -3.22. The number of phosphoric acid groups is 4. The van der Waals surface area contributed by atoms with Crippen molar-refractivity contribution in [3.63, 3.8) is 0 Å². The minimum absolute atomic E-state index is 0.178. The van der Waals surface area contributed by atoms with E-state index in [2.05, 4.69) is 17.7 Å². The Balaban J connectivity index is 1.43. The summed E-state index contributed by atoms with van der Waals surface area (Å²) in [6.45, 7) is -1.90. The predicted octanol–water partition coefficient (Wildman–Crippen LogP) is 5.97. The topological polar surface area (TPSA) is 295 Å². The molecule has 6 aromatic carbocycles. The first-order valence-electron chi connectivity index (χ1n) is 15.8. The van der Waals surface area contributed by atoms with E-state index in [1.807, 2.05) is 24.3 Å². The molecule has 0 heterocycles. The predicted molar refractivity (Wildman–Crippen MR) is 204 cm³/mol. The molecule has 2 atom stereocenters. The van der Waals surface area contributed by atoms with Gasteiger partial charge in [-0.05, 0) is 79.2 Å². The first-order chi connectivity index (χ1) is 25.9. The van der Waals surface area contributed by atoms with Gasteiger partial charge in [0.2, 0.25) is 0 Å². The van der Waals surface area contributed by atoms with E-state index < -0.39 is 75.7 Å². The summed E-state index contributed by atoms with van der Waals surface area (Å²) in [6, 6.07) is 26.6. The Kier molecular flexibility index (Phi) is 11.7. The van der Waals surface area contributed by atoms with Crippen LogP contribution in [0.1, 0.15) is 0 Å². The Morgan fingerprint density at radius 1 is 0.482 bits per heavy atom. The van der Waals surface area contributed by atoms with Crippen LogP contribution in [-0.4, -0.2) is 70.9 Å². The van der Waals surface area contributed by atoms with Crippen molar-refractivity contribution in [2.24, 2.45) is 0 Å². The van der Waals surface area contributed by atoms with E-state index >= 15 is 0 Å². The third-order valence-electron chi connectivity index (χ3n) is 8.29. The van der Waals surface area contributed by atoms with E-state index in [9.17, 15) is 44.9 Å². The smallest absolute Gasteiger partial charge is 0.302 e. The third kappa shape index (κ3) is 9.89. The standard InChI is InChI=1S/C32H30O18P4S2/c33-51(34,35)49-53(39,40)47-13-15-55(43,44)24-10-12-27-25-7-3-1-5-21(25)17-29(31(27)20-24)23-9-11-28-30(18-23)26-8-4-2-6-22(26)19-32(28)56(45,46)16-14-48-54(41,42)50-52(36,37)38/h1-12,17-20H,13-16H2,(H,39,40)(H,41,42)(H2,33,34,35)(H2,36,37,38). The molecule has 6 rings (SSSR count). The molecule has 0 saturated carbocycles. The van der Waals surface area contributed by atoms with Crippen molar-refractivity contribution in [2.75, 3.05) is 24.7 Å². The van der Waals surface area contributed by atoms with E-state index in [1.165, 1.54) is 18.2 Å². The molecule has 6 N–H and O–H groups in total. The lowest BCUT2D eigenvalue weighted by Gasteiger charge is -2.16. The fourth-order valence-corrected chi connectivity index (χ4v) is 11.9. The second-order valence-corrected chi connectivity index (χ2v) is 21.9. The van der Waals surface area contributed by atoms with E-state index in [4.69, 9.17) is 19.6 Å². The Morgan fingerprint density at radius 2 is 0.982 bits per heavy atom. The number of hydrogen-bond acceptors (Lipinski definition) is 12. The van der Waals surface area contributed by atoms with Crippen LogP contribution < -0.4 is 0 Å². The molecule has 0 aliphatic rings. The number of rotatable bonds is 15. The number of phosphoric ester groups is 2. The zero-order chi connectivity index (χ0) is 40.9. The normalized spacial score (nSPS) is 15.3. The van der Waals surface area contributed by atoms with Gasteiger partial charge < -0.3 is 29.4 Å². The van der Waals surface area contributed by atoms with Crippen molar-refractivity contribution in [1.29, 1.82) is 0 Å². The fourth-order valence-electron chi connectivity index (χ4n) is 6.08. The number of benzene rings is 6. The SMILES string of the molecule is O=P(O)(O)OP(=O)(O)OCCS(=O)(=O)c1ccc2c(c1)c(-c1ccc3c(S(=O)(=O)CCOP(=O)(O)OP(=O)(O)O)cc4ccccc4c3c1)cc1ccccc12. The van der Waals surface area contributed by atoms with Crippen LogP contribution in [-0.2, 0) is 55.6 Å². The maximum atomic E-state index is 13.7. The lowest BCUT2D eigenvalue weighted by atomic mass is 9.91. The Labute approximate surface area is 317 Å². The second-order valence-electron chi connectivity index (χ2n) is 12.1. The molecule has 0 spiro atoms. The van der Waals surface area contributed by atoms with Gasteiger partial charge in [-0.2, -0.15) is 8.62 Å². The first kappa shape index (κ1) is 42.4. The molecule has 2 unspecified atom stereocenters. The maximum absolute atomic E-state index is 13.7. The summed E-state index contributed by atoms with van der Waals surface area (Å²) in [7, 11) is -30.0. The molecule has 56 heavy (non-hydrogen) atoms. The van der Waals surface area contributed by atoms with Crippen molar-refractivity contribution in [3.8, 4) is 11.1 Å². The summed E-state index contributed by atoms with van der Waals surface area (Å²) in [5, 5.41) is 4.53. The first-order valence-corrected chi connectivity index (χ1v) is 25.1. The Bertz CT molecular complexity index is 2960. The van der Waals surface area contributed by atoms with Gasteiger partial charge in [0.1, 0.15) is 0 Å². The molecule has 0 amide bonds. The molecule has 6 aromatic rings. The Morgan fingerprint density at radius 3 is 1.55 bits per heavy atom. The minimum Gasteiger partial charge on any atom is -0.302 e. The van der Waals surface area contributed by atoms with E-state index in [0.717, 1.165) is 10.8 Å². The van der Waals surface area contributed by atoms with Crippen LogP contribution in [0.5, 0.6) is 0 Å². The van der Waals surface area contributed by atoms with Crippen molar-refractivity contribution in [1.82, 2.24) is 0 Å². The molecule has 0 saturated heterocycles. The minimum atomic E-state index is -5.44. The number of hydrogen-bond donors (Lipinski definition) is 6. The average molecular weight is 891 g/mol. The highest BCUT2D eigenvalue weighted by molar-refractivity contribution is 7.92. The van der Waals surface area contributed by atoms with Gasteiger partial charge in [0.25, 0.3) is 0 Å². The maximum Gasteiger partial charge on any atom is 0.481 e. The van der Waals surface area contributed by atoms with E-state index in [-0.39, 0.29) is 15.2 Å². The van der Waals surface area contributed by atoms with Gasteiger partial charge >= 0.3 is 31.3 Å². The van der Waals surface area contributed by atoms with E-state index in [0.29, 0.717) is 38.1 Å². The van der Waals surface area contributed by atoms with E-state index in [1.54, 1.807) is 54.6 Å².